The highest BCUT2D eigenvalue weighted by atomic mass is 79.9. The highest BCUT2D eigenvalue weighted by Crippen LogP contribution is 2.24. The van der Waals surface area contributed by atoms with Gasteiger partial charge in [0.2, 0.25) is 15.9 Å². The van der Waals surface area contributed by atoms with Gasteiger partial charge in [0.25, 0.3) is 0 Å². The van der Waals surface area contributed by atoms with Crippen LogP contribution >= 0.6 is 15.9 Å². The van der Waals surface area contributed by atoms with Gasteiger partial charge in [0.1, 0.15) is 6.54 Å². The summed E-state index contributed by atoms with van der Waals surface area (Å²) in [6, 6.07) is 17.3. The fourth-order valence-corrected chi connectivity index (χ4v) is 4.68. The molecule has 0 aromatic heterocycles. The zero-order chi connectivity index (χ0) is 20.1. The molecule has 1 heterocycles. The van der Waals surface area contributed by atoms with Crippen LogP contribution in [-0.4, -0.2) is 45.1 Å². The number of benzene rings is 2. The van der Waals surface area contributed by atoms with Crippen LogP contribution in [0.5, 0.6) is 0 Å². The van der Waals surface area contributed by atoms with E-state index in [-0.39, 0.29) is 12.5 Å². The van der Waals surface area contributed by atoms with Gasteiger partial charge in [-0.1, -0.05) is 46.3 Å². The molecule has 1 fully saturated rings. The maximum atomic E-state index is 12.8. The molecule has 1 amide bonds. The Bertz CT molecular complexity index is 893. The molecule has 0 radical (unpaired) electrons. The normalized spacial score (nSPS) is 15.4. The van der Waals surface area contributed by atoms with E-state index >= 15 is 0 Å². The Hall–Kier alpha value is -1.86. The van der Waals surface area contributed by atoms with Gasteiger partial charge in [-0.2, -0.15) is 0 Å². The summed E-state index contributed by atoms with van der Waals surface area (Å²) < 4.78 is 26.5. The van der Waals surface area contributed by atoms with Crippen LogP contribution in [0.2, 0.25) is 0 Å². The number of likely N-dealkylation sites (tertiary alicyclic amines) is 1. The molecule has 7 heteroatoms. The number of halogens is 1. The lowest BCUT2D eigenvalue weighted by Gasteiger charge is -2.33. The van der Waals surface area contributed by atoms with Gasteiger partial charge in [0.05, 0.1) is 11.9 Å². The van der Waals surface area contributed by atoms with Gasteiger partial charge < -0.3 is 4.90 Å². The van der Waals surface area contributed by atoms with Crippen LogP contribution in [0.15, 0.2) is 59.1 Å². The highest BCUT2D eigenvalue weighted by Gasteiger charge is 2.27. The van der Waals surface area contributed by atoms with E-state index in [4.69, 9.17) is 0 Å². The van der Waals surface area contributed by atoms with Gasteiger partial charge in [0.15, 0.2) is 0 Å². The molecular formula is C21H25BrN2O3S. The van der Waals surface area contributed by atoms with E-state index in [2.05, 4.69) is 40.2 Å². The summed E-state index contributed by atoms with van der Waals surface area (Å²) in [5.74, 6) is 0.412. The third-order valence-electron chi connectivity index (χ3n) is 5.13. The Morgan fingerprint density at radius 3 is 2.25 bits per heavy atom. The molecule has 28 heavy (non-hydrogen) atoms. The topological polar surface area (TPSA) is 57.7 Å². The Morgan fingerprint density at radius 1 is 1.07 bits per heavy atom. The maximum absolute atomic E-state index is 12.8. The molecule has 0 spiro atoms. The first-order valence-corrected chi connectivity index (χ1v) is 12.0. The third-order valence-corrected chi connectivity index (χ3v) is 6.80. The highest BCUT2D eigenvalue weighted by molar-refractivity contribution is 9.10. The number of hydrogen-bond donors (Lipinski definition) is 0. The van der Waals surface area contributed by atoms with Gasteiger partial charge in [-0.25, -0.2) is 8.42 Å². The van der Waals surface area contributed by atoms with Crippen molar-refractivity contribution in [3.63, 3.8) is 0 Å². The monoisotopic (exact) mass is 464 g/mol. The second-order valence-electron chi connectivity index (χ2n) is 7.26. The fourth-order valence-electron chi connectivity index (χ4n) is 3.56. The van der Waals surface area contributed by atoms with Crippen molar-refractivity contribution in [3.05, 3.63) is 64.6 Å². The van der Waals surface area contributed by atoms with Crippen molar-refractivity contribution < 1.29 is 13.2 Å². The Kier molecular flexibility index (Phi) is 6.78. The molecule has 2 aromatic carbocycles. The summed E-state index contributed by atoms with van der Waals surface area (Å²) in [5, 5.41) is 0. The summed E-state index contributed by atoms with van der Waals surface area (Å²) in [5.41, 5.74) is 1.82. The van der Waals surface area contributed by atoms with Crippen molar-refractivity contribution in [2.45, 2.75) is 19.3 Å². The number of hydrogen-bond acceptors (Lipinski definition) is 3. The largest absolute Gasteiger partial charge is 0.341 e. The van der Waals surface area contributed by atoms with E-state index in [0.29, 0.717) is 24.7 Å². The van der Waals surface area contributed by atoms with Crippen LogP contribution in [0.25, 0.3) is 0 Å². The zero-order valence-electron chi connectivity index (χ0n) is 15.9. The number of nitrogens with zero attached hydrogens (tertiary/aromatic N) is 2. The smallest absolute Gasteiger partial charge is 0.243 e. The van der Waals surface area contributed by atoms with Gasteiger partial charge in [-0.3, -0.25) is 9.10 Å². The molecule has 5 nitrogen and oxygen atoms in total. The van der Waals surface area contributed by atoms with E-state index in [0.717, 1.165) is 30.0 Å². The molecule has 0 N–H and O–H groups in total. The van der Waals surface area contributed by atoms with Crippen molar-refractivity contribution in [3.8, 4) is 0 Å². The average molecular weight is 465 g/mol. The zero-order valence-corrected chi connectivity index (χ0v) is 18.3. The number of anilines is 1. The molecule has 0 bridgehead atoms. The van der Waals surface area contributed by atoms with E-state index in [9.17, 15) is 13.2 Å². The van der Waals surface area contributed by atoms with E-state index < -0.39 is 10.0 Å². The molecule has 1 aliphatic heterocycles. The number of amides is 1. The van der Waals surface area contributed by atoms with Crippen molar-refractivity contribution in [2.75, 3.05) is 30.2 Å². The lowest BCUT2D eigenvalue weighted by Crippen LogP contribution is -2.45. The van der Waals surface area contributed by atoms with Crippen molar-refractivity contribution in [2.24, 2.45) is 5.92 Å². The molecule has 3 rings (SSSR count). The fraction of sp³-hybridized carbons (Fsp3) is 0.381. The number of rotatable bonds is 6. The first kappa shape index (κ1) is 20.9. The van der Waals surface area contributed by atoms with Crippen LogP contribution < -0.4 is 4.31 Å². The summed E-state index contributed by atoms with van der Waals surface area (Å²) in [4.78, 5) is 14.6. The second-order valence-corrected chi connectivity index (χ2v) is 10.1. The van der Waals surface area contributed by atoms with Gasteiger partial charge in [0, 0.05) is 17.6 Å². The van der Waals surface area contributed by atoms with Gasteiger partial charge >= 0.3 is 0 Å². The molecule has 0 aliphatic carbocycles. The molecule has 0 saturated carbocycles. The van der Waals surface area contributed by atoms with Crippen LogP contribution in [0.3, 0.4) is 0 Å². The van der Waals surface area contributed by atoms with Crippen LogP contribution in [0.4, 0.5) is 5.69 Å². The lowest BCUT2D eigenvalue weighted by molar-refractivity contribution is -0.130. The predicted octanol–water partition coefficient (Wildman–Crippen LogP) is 3.70. The number of sulfonamides is 1. The SMILES string of the molecule is CS(=O)(=O)N(CC(=O)N1CCC(Cc2ccccc2)CC1)c1ccc(Br)cc1. The minimum atomic E-state index is -3.55. The summed E-state index contributed by atoms with van der Waals surface area (Å²) in [6.45, 7) is 1.19. The summed E-state index contributed by atoms with van der Waals surface area (Å²) >= 11 is 3.34. The third kappa shape index (κ3) is 5.58. The average Bonchev–Trinajstić information content (AvgIpc) is 2.67. The van der Waals surface area contributed by atoms with E-state index in [1.807, 2.05) is 6.07 Å². The Labute approximate surface area is 175 Å². The van der Waals surface area contributed by atoms with Crippen molar-refractivity contribution in [1.82, 2.24) is 4.90 Å². The van der Waals surface area contributed by atoms with Gasteiger partial charge in [-0.15, -0.1) is 0 Å². The minimum Gasteiger partial charge on any atom is -0.341 e. The maximum Gasteiger partial charge on any atom is 0.243 e. The number of piperidine rings is 1. The lowest BCUT2D eigenvalue weighted by atomic mass is 9.90. The molecular weight excluding hydrogens is 440 g/mol. The first-order valence-electron chi connectivity index (χ1n) is 9.38. The molecule has 1 saturated heterocycles. The number of carbonyl (C=O) groups is 1. The van der Waals surface area contributed by atoms with Crippen LogP contribution in [0.1, 0.15) is 18.4 Å². The quantitative estimate of drug-likeness (QED) is 0.654. The minimum absolute atomic E-state index is 0.147. The molecule has 1 aliphatic rings. The second kappa shape index (κ2) is 9.09. The van der Waals surface area contributed by atoms with Crippen molar-refractivity contribution in [1.29, 1.82) is 0 Å². The molecule has 0 unspecified atom stereocenters. The van der Waals surface area contributed by atoms with Crippen molar-refractivity contribution >= 4 is 37.5 Å². The van der Waals surface area contributed by atoms with Crippen LogP contribution in [-0.2, 0) is 21.2 Å². The van der Waals surface area contributed by atoms with E-state index in [1.165, 1.54) is 9.87 Å². The summed E-state index contributed by atoms with van der Waals surface area (Å²) in [7, 11) is -3.55. The van der Waals surface area contributed by atoms with Gasteiger partial charge in [-0.05, 0) is 55.0 Å². The number of carbonyl (C=O) groups excluding carboxylic acids is 1. The van der Waals surface area contributed by atoms with E-state index in [1.54, 1.807) is 29.2 Å². The Morgan fingerprint density at radius 2 is 1.68 bits per heavy atom. The summed E-state index contributed by atoms with van der Waals surface area (Å²) in [6.07, 6.45) is 4.04. The molecule has 0 atom stereocenters. The molecule has 150 valence electrons. The molecule has 2 aromatic rings. The first-order chi connectivity index (χ1) is 13.3. The standard InChI is InChI=1S/C21H25BrN2O3S/c1-28(26,27)24(20-9-7-19(22)8-10-20)16-21(25)23-13-11-18(12-14-23)15-17-5-3-2-4-6-17/h2-10,18H,11-16H2,1H3. The van der Waals surface area contributed by atoms with Crippen LogP contribution in [0, 0.1) is 5.92 Å². The Balaban J connectivity index is 1.60. The predicted molar refractivity (Wildman–Crippen MR) is 116 cm³/mol.